The molecule has 18 heavy (non-hydrogen) atoms. The van der Waals surface area contributed by atoms with Crippen LogP contribution in [0.3, 0.4) is 0 Å². The zero-order chi connectivity index (χ0) is 13.1. The van der Waals surface area contributed by atoms with Crippen molar-refractivity contribution in [2.75, 3.05) is 17.2 Å². The molecule has 5 nitrogen and oxygen atoms in total. The Kier molecular flexibility index (Phi) is 3.57. The maximum absolute atomic E-state index is 12.3. The number of carbonyl (C=O) groups excluding carboxylic acids is 1. The molecule has 0 spiro atoms. The van der Waals surface area contributed by atoms with Gasteiger partial charge in [0.2, 0.25) is 10.1 Å². The monoisotopic (exact) mass is 262 g/mol. The maximum Gasteiger partial charge on any atom is 0.289 e. The van der Waals surface area contributed by atoms with Gasteiger partial charge in [0.1, 0.15) is 0 Å². The van der Waals surface area contributed by atoms with Gasteiger partial charge in [-0.25, -0.2) is 0 Å². The SMILES string of the molecule is CCN(C(=O)c1nnc(N)s1)c1ccccc1C. The van der Waals surface area contributed by atoms with Gasteiger partial charge in [-0.3, -0.25) is 4.79 Å². The van der Waals surface area contributed by atoms with Crippen molar-refractivity contribution in [1.82, 2.24) is 10.2 Å². The van der Waals surface area contributed by atoms with Gasteiger partial charge in [-0.2, -0.15) is 0 Å². The van der Waals surface area contributed by atoms with E-state index in [0.717, 1.165) is 22.6 Å². The molecule has 0 radical (unpaired) electrons. The van der Waals surface area contributed by atoms with Crippen LogP contribution in [0.15, 0.2) is 24.3 Å². The van der Waals surface area contributed by atoms with Crippen molar-refractivity contribution in [3.8, 4) is 0 Å². The molecule has 6 heteroatoms. The number of para-hydroxylation sites is 1. The van der Waals surface area contributed by atoms with Gasteiger partial charge in [-0.05, 0) is 25.5 Å². The predicted molar refractivity (Wildman–Crippen MR) is 72.9 cm³/mol. The van der Waals surface area contributed by atoms with E-state index >= 15 is 0 Å². The van der Waals surface area contributed by atoms with Crippen LogP contribution in [0.25, 0.3) is 0 Å². The Morgan fingerprint density at radius 3 is 2.67 bits per heavy atom. The van der Waals surface area contributed by atoms with Crippen LogP contribution in [-0.4, -0.2) is 22.6 Å². The molecule has 2 rings (SSSR count). The van der Waals surface area contributed by atoms with Gasteiger partial charge in [0.15, 0.2) is 0 Å². The molecule has 0 bridgehead atoms. The lowest BCUT2D eigenvalue weighted by atomic mass is 10.2. The first kappa shape index (κ1) is 12.5. The van der Waals surface area contributed by atoms with Crippen molar-refractivity contribution in [2.24, 2.45) is 0 Å². The van der Waals surface area contributed by atoms with E-state index in [4.69, 9.17) is 5.73 Å². The van der Waals surface area contributed by atoms with Crippen LogP contribution < -0.4 is 10.6 Å². The average molecular weight is 262 g/mol. The Morgan fingerprint density at radius 1 is 1.39 bits per heavy atom. The number of aromatic nitrogens is 2. The molecular formula is C12H14N4OS. The summed E-state index contributed by atoms with van der Waals surface area (Å²) in [5.41, 5.74) is 7.43. The molecule has 0 aliphatic rings. The van der Waals surface area contributed by atoms with Crippen molar-refractivity contribution in [1.29, 1.82) is 0 Å². The van der Waals surface area contributed by atoms with Gasteiger partial charge in [0.25, 0.3) is 5.91 Å². The van der Waals surface area contributed by atoms with Crippen LogP contribution >= 0.6 is 11.3 Å². The Labute approximate surface area is 109 Å². The number of hydrogen-bond acceptors (Lipinski definition) is 5. The fourth-order valence-electron chi connectivity index (χ4n) is 1.73. The highest BCUT2D eigenvalue weighted by atomic mass is 32.1. The summed E-state index contributed by atoms with van der Waals surface area (Å²) in [6.45, 7) is 4.47. The zero-order valence-corrected chi connectivity index (χ0v) is 11.1. The number of rotatable bonds is 3. The van der Waals surface area contributed by atoms with E-state index < -0.39 is 0 Å². The minimum atomic E-state index is -0.166. The van der Waals surface area contributed by atoms with Crippen LogP contribution in [0.2, 0.25) is 0 Å². The Morgan fingerprint density at radius 2 is 2.11 bits per heavy atom. The number of nitrogen functional groups attached to an aromatic ring is 1. The number of nitrogens with zero attached hydrogens (tertiary/aromatic N) is 3. The summed E-state index contributed by atoms with van der Waals surface area (Å²) < 4.78 is 0. The Bertz CT molecular complexity index is 567. The van der Waals surface area contributed by atoms with Crippen molar-refractivity contribution >= 4 is 28.1 Å². The summed E-state index contributed by atoms with van der Waals surface area (Å²) >= 11 is 1.10. The lowest BCUT2D eigenvalue weighted by Gasteiger charge is -2.21. The average Bonchev–Trinajstić information content (AvgIpc) is 2.79. The number of hydrogen-bond donors (Lipinski definition) is 1. The molecule has 1 heterocycles. The first-order chi connectivity index (χ1) is 8.63. The van der Waals surface area contributed by atoms with Gasteiger partial charge in [0, 0.05) is 12.2 Å². The summed E-state index contributed by atoms with van der Waals surface area (Å²) in [5, 5.41) is 8.08. The molecule has 0 saturated heterocycles. The number of amides is 1. The normalized spacial score (nSPS) is 10.3. The van der Waals surface area contributed by atoms with Gasteiger partial charge in [-0.1, -0.05) is 29.5 Å². The van der Waals surface area contributed by atoms with Crippen LogP contribution in [0.5, 0.6) is 0 Å². The number of nitrogens with two attached hydrogens (primary N) is 1. The zero-order valence-electron chi connectivity index (χ0n) is 10.3. The topological polar surface area (TPSA) is 72.1 Å². The molecule has 2 N–H and O–H groups in total. The van der Waals surface area contributed by atoms with Crippen molar-refractivity contribution in [2.45, 2.75) is 13.8 Å². The van der Waals surface area contributed by atoms with Crippen molar-refractivity contribution in [3.05, 3.63) is 34.8 Å². The molecule has 2 aromatic rings. The lowest BCUT2D eigenvalue weighted by Crippen LogP contribution is -2.31. The third kappa shape index (κ3) is 2.33. The standard InChI is InChI=1S/C12H14N4OS/c1-3-16(9-7-5-4-6-8(9)2)11(17)10-14-15-12(13)18-10/h4-7H,3H2,1-2H3,(H2,13,15). The van der Waals surface area contributed by atoms with E-state index in [1.165, 1.54) is 0 Å². The van der Waals surface area contributed by atoms with Crippen LogP contribution in [-0.2, 0) is 0 Å². The van der Waals surface area contributed by atoms with E-state index in [0.29, 0.717) is 16.7 Å². The third-order valence-corrected chi connectivity index (χ3v) is 3.33. The number of aryl methyl sites for hydroxylation is 1. The van der Waals surface area contributed by atoms with Gasteiger partial charge in [0.05, 0.1) is 0 Å². The summed E-state index contributed by atoms with van der Waals surface area (Å²) in [5.74, 6) is -0.166. The Balaban J connectivity index is 2.35. The van der Waals surface area contributed by atoms with E-state index in [2.05, 4.69) is 10.2 Å². The molecule has 1 amide bonds. The van der Waals surface area contributed by atoms with Gasteiger partial charge >= 0.3 is 0 Å². The molecule has 0 aliphatic carbocycles. The van der Waals surface area contributed by atoms with Crippen LogP contribution in [0.4, 0.5) is 10.8 Å². The Hall–Kier alpha value is -1.95. The van der Waals surface area contributed by atoms with Crippen molar-refractivity contribution in [3.63, 3.8) is 0 Å². The summed E-state index contributed by atoms with van der Waals surface area (Å²) in [6.07, 6.45) is 0. The minimum Gasteiger partial charge on any atom is -0.374 e. The number of carbonyl (C=O) groups is 1. The van der Waals surface area contributed by atoms with Crippen LogP contribution in [0, 0.1) is 6.92 Å². The highest BCUT2D eigenvalue weighted by Crippen LogP contribution is 2.22. The lowest BCUT2D eigenvalue weighted by molar-refractivity contribution is 0.0987. The third-order valence-electron chi connectivity index (χ3n) is 2.59. The highest BCUT2D eigenvalue weighted by Gasteiger charge is 2.20. The second-order valence-electron chi connectivity index (χ2n) is 3.78. The summed E-state index contributed by atoms with van der Waals surface area (Å²) in [7, 11) is 0. The van der Waals surface area contributed by atoms with Gasteiger partial charge < -0.3 is 10.6 Å². The molecule has 0 aliphatic heterocycles. The quantitative estimate of drug-likeness (QED) is 0.919. The molecule has 1 aromatic heterocycles. The minimum absolute atomic E-state index is 0.166. The first-order valence-corrected chi connectivity index (χ1v) is 6.41. The highest BCUT2D eigenvalue weighted by molar-refractivity contribution is 7.17. The molecule has 0 unspecified atom stereocenters. The number of benzene rings is 1. The predicted octanol–water partition coefficient (Wildman–Crippen LogP) is 2.10. The second kappa shape index (κ2) is 5.14. The van der Waals surface area contributed by atoms with E-state index in [9.17, 15) is 4.79 Å². The first-order valence-electron chi connectivity index (χ1n) is 5.60. The van der Waals surface area contributed by atoms with E-state index in [-0.39, 0.29) is 5.91 Å². The van der Waals surface area contributed by atoms with Crippen molar-refractivity contribution < 1.29 is 4.79 Å². The smallest absolute Gasteiger partial charge is 0.289 e. The molecule has 0 atom stereocenters. The molecular weight excluding hydrogens is 248 g/mol. The molecule has 0 fully saturated rings. The largest absolute Gasteiger partial charge is 0.374 e. The fraction of sp³-hybridized carbons (Fsp3) is 0.250. The van der Waals surface area contributed by atoms with E-state index in [1.54, 1.807) is 4.90 Å². The molecule has 94 valence electrons. The second-order valence-corrected chi connectivity index (χ2v) is 4.79. The van der Waals surface area contributed by atoms with Crippen LogP contribution in [0.1, 0.15) is 22.3 Å². The van der Waals surface area contributed by atoms with E-state index in [1.807, 2.05) is 38.1 Å². The summed E-state index contributed by atoms with van der Waals surface area (Å²) in [6, 6.07) is 7.74. The molecule has 0 saturated carbocycles. The molecule has 1 aromatic carbocycles. The summed E-state index contributed by atoms with van der Waals surface area (Å²) in [4.78, 5) is 14.0. The number of anilines is 2. The maximum atomic E-state index is 12.3. The van der Waals surface area contributed by atoms with Gasteiger partial charge in [-0.15, -0.1) is 10.2 Å². The fourth-order valence-corrected chi connectivity index (χ4v) is 2.28.